The molecule has 0 aromatic heterocycles. The van der Waals surface area contributed by atoms with E-state index in [0.717, 1.165) is 22.4 Å². The fraction of sp³-hybridized carbons (Fsp3) is 0.500. The van der Waals surface area contributed by atoms with Crippen LogP contribution < -0.4 is 0 Å². The van der Waals surface area contributed by atoms with Gasteiger partial charge in [0.1, 0.15) is 0 Å². The van der Waals surface area contributed by atoms with Gasteiger partial charge in [-0.1, -0.05) is 42.0 Å². The molecule has 1 unspecified atom stereocenters. The molecule has 0 bridgehead atoms. The van der Waals surface area contributed by atoms with Crippen molar-refractivity contribution in [3.8, 4) is 11.8 Å². The Morgan fingerprint density at radius 3 is 3.00 bits per heavy atom. The predicted octanol–water partition coefficient (Wildman–Crippen LogP) is 3.91. The van der Waals surface area contributed by atoms with Gasteiger partial charge in [0.15, 0.2) is 0 Å². The minimum absolute atomic E-state index is 0.743. The van der Waals surface area contributed by atoms with Crippen LogP contribution in [0.25, 0.3) is 0 Å². The third kappa shape index (κ3) is 4.76. The Kier molecular flexibility index (Phi) is 6.10. The standard InChI is InChI=1S/C16H20ClNS/c1-19-15-9-4-5-11-18(13-15)12-6-8-14-7-2-3-10-16(14)17/h2-3,7,10,15H,4-5,9,11-13H2,1H3. The first-order valence-corrected chi connectivity index (χ1v) is 8.44. The number of hydrogen-bond acceptors (Lipinski definition) is 2. The van der Waals surface area contributed by atoms with Crippen LogP contribution in [0.2, 0.25) is 5.02 Å². The van der Waals surface area contributed by atoms with Crippen molar-refractivity contribution in [3.63, 3.8) is 0 Å². The van der Waals surface area contributed by atoms with Gasteiger partial charge >= 0.3 is 0 Å². The third-order valence-electron chi connectivity index (χ3n) is 3.45. The Balaban J connectivity index is 1.93. The summed E-state index contributed by atoms with van der Waals surface area (Å²) in [5, 5.41) is 1.51. The van der Waals surface area contributed by atoms with E-state index < -0.39 is 0 Å². The zero-order chi connectivity index (χ0) is 13.5. The molecule has 0 radical (unpaired) electrons. The second-order valence-electron chi connectivity index (χ2n) is 4.87. The van der Waals surface area contributed by atoms with Crippen LogP contribution >= 0.6 is 23.4 Å². The maximum Gasteiger partial charge on any atom is 0.0605 e. The Labute approximate surface area is 125 Å². The van der Waals surface area contributed by atoms with Crippen LogP contribution in [0.4, 0.5) is 0 Å². The molecule has 0 N–H and O–H groups in total. The summed E-state index contributed by atoms with van der Waals surface area (Å²) in [5.74, 6) is 6.45. The van der Waals surface area contributed by atoms with Crippen molar-refractivity contribution in [2.24, 2.45) is 0 Å². The normalized spacial score (nSPS) is 20.4. The number of hydrogen-bond donors (Lipinski definition) is 0. The van der Waals surface area contributed by atoms with Crippen LogP contribution in [0.1, 0.15) is 24.8 Å². The maximum atomic E-state index is 6.10. The van der Waals surface area contributed by atoms with E-state index in [0.29, 0.717) is 0 Å². The third-order valence-corrected chi connectivity index (χ3v) is 4.83. The molecule has 19 heavy (non-hydrogen) atoms. The van der Waals surface area contributed by atoms with E-state index in [1.807, 2.05) is 36.0 Å². The van der Waals surface area contributed by atoms with Crippen molar-refractivity contribution in [2.45, 2.75) is 24.5 Å². The molecule has 1 aromatic carbocycles. The first-order chi connectivity index (χ1) is 9.29. The summed E-state index contributed by atoms with van der Waals surface area (Å²) < 4.78 is 0. The highest BCUT2D eigenvalue weighted by molar-refractivity contribution is 7.99. The number of halogens is 1. The molecule has 1 nitrogen and oxygen atoms in total. The molecule has 0 aliphatic carbocycles. The van der Waals surface area contributed by atoms with Crippen molar-refractivity contribution < 1.29 is 0 Å². The summed E-state index contributed by atoms with van der Waals surface area (Å²) in [6, 6.07) is 7.78. The maximum absolute atomic E-state index is 6.10. The van der Waals surface area contributed by atoms with E-state index >= 15 is 0 Å². The van der Waals surface area contributed by atoms with Crippen LogP contribution in [0, 0.1) is 11.8 Å². The molecule has 0 spiro atoms. The second kappa shape index (κ2) is 7.85. The van der Waals surface area contributed by atoms with Crippen molar-refractivity contribution in [1.29, 1.82) is 0 Å². The van der Waals surface area contributed by atoms with Gasteiger partial charge in [-0.3, -0.25) is 4.90 Å². The summed E-state index contributed by atoms with van der Waals surface area (Å²) in [4.78, 5) is 2.47. The fourth-order valence-corrected chi connectivity index (χ4v) is 3.27. The Hall–Kier alpha value is -0.620. The molecule has 1 saturated heterocycles. The van der Waals surface area contributed by atoms with Gasteiger partial charge in [-0.15, -0.1) is 0 Å². The van der Waals surface area contributed by atoms with E-state index in [2.05, 4.69) is 23.0 Å². The summed E-state index contributed by atoms with van der Waals surface area (Å²) in [7, 11) is 0. The van der Waals surface area contributed by atoms with Crippen molar-refractivity contribution in [2.75, 3.05) is 25.9 Å². The number of rotatable bonds is 2. The molecule has 0 amide bonds. The predicted molar refractivity (Wildman–Crippen MR) is 85.9 cm³/mol. The summed E-state index contributed by atoms with van der Waals surface area (Å²) in [6.45, 7) is 3.19. The number of likely N-dealkylation sites (tertiary alicyclic amines) is 1. The quantitative estimate of drug-likeness (QED) is 0.761. The molecule has 1 heterocycles. The molecule has 3 heteroatoms. The Morgan fingerprint density at radius 1 is 1.37 bits per heavy atom. The minimum Gasteiger partial charge on any atom is -0.291 e. The molecule has 1 fully saturated rings. The number of nitrogens with zero attached hydrogens (tertiary/aromatic N) is 1. The number of benzene rings is 1. The van der Waals surface area contributed by atoms with Crippen LogP contribution in [0.15, 0.2) is 24.3 Å². The highest BCUT2D eigenvalue weighted by Gasteiger charge is 2.16. The topological polar surface area (TPSA) is 3.24 Å². The fourth-order valence-electron chi connectivity index (χ4n) is 2.32. The first kappa shape index (κ1) is 14.8. The van der Waals surface area contributed by atoms with Gasteiger partial charge in [0.05, 0.1) is 11.6 Å². The van der Waals surface area contributed by atoms with Crippen LogP contribution in [-0.2, 0) is 0 Å². The monoisotopic (exact) mass is 293 g/mol. The molecule has 1 atom stereocenters. The highest BCUT2D eigenvalue weighted by Crippen LogP contribution is 2.19. The lowest BCUT2D eigenvalue weighted by atomic mass is 10.2. The largest absolute Gasteiger partial charge is 0.291 e. The lowest BCUT2D eigenvalue weighted by Gasteiger charge is -2.20. The lowest BCUT2D eigenvalue weighted by Crippen LogP contribution is -2.29. The van der Waals surface area contributed by atoms with E-state index in [-0.39, 0.29) is 0 Å². The van der Waals surface area contributed by atoms with Gasteiger partial charge in [0, 0.05) is 17.4 Å². The van der Waals surface area contributed by atoms with Crippen LogP contribution in [-0.4, -0.2) is 36.0 Å². The summed E-state index contributed by atoms with van der Waals surface area (Å²) >= 11 is 8.08. The van der Waals surface area contributed by atoms with Gasteiger partial charge in [0.2, 0.25) is 0 Å². The smallest absolute Gasteiger partial charge is 0.0605 e. The SMILES string of the molecule is CSC1CCCCN(CC#Cc2ccccc2Cl)C1. The molecule has 1 aliphatic rings. The molecule has 0 saturated carbocycles. The molecular formula is C16H20ClNS. The van der Waals surface area contributed by atoms with Gasteiger partial charge in [-0.05, 0) is 37.8 Å². The van der Waals surface area contributed by atoms with Gasteiger partial charge in [0.25, 0.3) is 0 Å². The second-order valence-corrected chi connectivity index (χ2v) is 6.42. The van der Waals surface area contributed by atoms with Gasteiger partial charge in [-0.2, -0.15) is 11.8 Å². The molecule has 102 valence electrons. The molecular weight excluding hydrogens is 274 g/mol. The van der Waals surface area contributed by atoms with Gasteiger partial charge in [-0.25, -0.2) is 0 Å². The van der Waals surface area contributed by atoms with E-state index in [1.54, 1.807) is 0 Å². The highest BCUT2D eigenvalue weighted by atomic mass is 35.5. The zero-order valence-corrected chi connectivity index (χ0v) is 12.9. The lowest BCUT2D eigenvalue weighted by molar-refractivity contribution is 0.323. The summed E-state index contributed by atoms with van der Waals surface area (Å²) in [5.41, 5.74) is 0.931. The van der Waals surface area contributed by atoms with Crippen molar-refractivity contribution in [3.05, 3.63) is 34.9 Å². The summed E-state index contributed by atoms with van der Waals surface area (Å²) in [6.07, 6.45) is 6.20. The molecule has 1 aromatic rings. The zero-order valence-electron chi connectivity index (χ0n) is 11.4. The van der Waals surface area contributed by atoms with E-state index in [1.165, 1.54) is 32.4 Å². The molecule has 2 rings (SSSR count). The van der Waals surface area contributed by atoms with Gasteiger partial charge < -0.3 is 0 Å². The van der Waals surface area contributed by atoms with E-state index in [4.69, 9.17) is 11.6 Å². The minimum atomic E-state index is 0.743. The Bertz CT molecular complexity index is 463. The first-order valence-electron chi connectivity index (χ1n) is 6.78. The average molecular weight is 294 g/mol. The van der Waals surface area contributed by atoms with Crippen LogP contribution in [0.3, 0.4) is 0 Å². The average Bonchev–Trinajstić information content (AvgIpc) is 2.66. The van der Waals surface area contributed by atoms with Crippen molar-refractivity contribution in [1.82, 2.24) is 4.90 Å². The van der Waals surface area contributed by atoms with Crippen molar-refractivity contribution >= 4 is 23.4 Å². The van der Waals surface area contributed by atoms with E-state index in [9.17, 15) is 0 Å². The van der Waals surface area contributed by atoms with Crippen LogP contribution in [0.5, 0.6) is 0 Å². The molecule has 1 aliphatic heterocycles. The number of thioether (sulfide) groups is 1. The Morgan fingerprint density at radius 2 is 2.21 bits per heavy atom.